The van der Waals surface area contributed by atoms with Crippen LogP contribution in [0.1, 0.15) is 12.5 Å². The van der Waals surface area contributed by atoms with Crippen LogP contribution in [0.15, 0.2) is 25.3 Å². The molecule has 3 saturated heterocycles. The standard InChI is InChI=1S/C10H16N5O13P3.C10H12N5O6P.H4O7P2/c11-8-5-9(13-2-12-8)15(3-14-5)10-7(17)6(16)4(26-10)1-25-30(21,22)28-31(23,24)27-29(18,19)20;11-8-5-9(13-2-12-8)15(3-14-5)10-6(16)7-4(20-10)1-19-22(17,18)21-7;1-8(2,3)7-9(4,5)6/h2-4,6-7,10,16-17H,1H2,(H,21,22)(H,23,24)(H2,11,12,13)(H2,18,19,20);2-4,6-7,10,16H,1H2,(H,17,18)(H2,11,12,13);(H2,1,2,3)(H2,4,5,6)/p-6/t4-,6?,7+,10-;4-,6+,7?,10-;/m11./s1. The van der Waals surface area contributed by atoms with Crippen molar-refractivity contribution >= 4 is 80.9 Å². The fourth-order valence-corrected chi connectivity index (χ4v) is 10.2. The number of imidazole rings is 2. The first-order chi connectivity index (χ1) is 28.4. The van der Waals surface area contributed by atoms with Crippen LogP contribution in [0.4, 0.5) is 11.6 Å². The molecule has 0 aliphatic carbocycles. The number of rotatable bonds is 11. The van der Waals surface area contributed by atoms with Crippen LogP contribution >= 0.6 is 46.9 Å². The monoisotopic (exact) mass is 1010 g/mol. The largest absolute Gasteiger partial charge is 0.756 e. The van der Waals surface area contributed by atoms with Gasteiger partial charge in [-0.05, 0) is 0 Å². The van der Waals surface area contributed by atoms with Gasteiger partial charge in [0.05, 0.1) is 25.9 Å². The molecule has 0 aromatic carbocycles. The minimum atomic E-state index is -6.08. The number of phosphoric ester groups is 2. The smallest absolute Gasteiger partial charge is 0.280 e. The molecule has 7 rings (SSSR count). The number of hydrogen-bond acceptors (Lipinski definition) is 31. The normalized spacial score (nSPS) is 32.1. The molecule has 3 fully saturated rings. The maximum Gasteiger partial charge on any atom is 0.280 e. The molecule has 4 aromatic heterocycles. The number of fused-ring (bicyclic) bond motifs is 3. The maximum atomic E-state index is 11.6. The van der Waals surface area contributed by atoms with Crippen LogP contribution in [0.25, 0.3) is 22.3 Å². The molecular weight excluding hydrogens is 982 g/mol. The van der Waals surface area contributed by atoms with Crippen LogP contribution in [-0.2, 0) is 63.4 Å². The van der Waals surface area contributed by atoms with Gasteiger partial charge in [0.15, 0.2) is 35.4 Å². The van der Waals surface area contributed by atoms with Crippen LogP contribution < -0.4 is 40.8 Å². The zero-order valence-electron chi connectivity index (χ0n) is 29.6. The van der Waals surface area contributed by atoms with Gasteiger partial charge in [0, 0.05) is 0 Å². The highest BCUT2D eigenvalue weighted by Gasteiger charge is 2.50. The van der Waals surface area contributed by atoms with Crippen molar-refractivity contribution in [2.24, 2.45) is 0 Å². The van der Waals surface area contributed by atoms with Gasteiger partial charge in [-0.2, -0.15) is 0 Å². The first-order valence-corrected chi connectivity index (χ1v) is 24.6. The van der Waals surface area contributed by atoms with Gasteiger partial charge in [-0.25, -0.2) is 42.8 Å². The minimum Gasteiger partial charge on any atom is -0.756 e. The molecule has 10 N–H and O–H groups in total. The maximum absolute atomic E-state index is 11.6. The van der Waals surface area contributed by atoms with Gasteiger partial charge in [-0.3, -0.25) is 36.5 Å². The van der Waals surface area contributed by atoms with Gasteiger partial charge < -0.3 is 93.9 Å². The topological polar surface area (TPSA) is 575 Å². The molecule has 14 atom stereocenters. The Balaban J connectivity index is 0.000000202. The van der Waals surface area contributed by atoms with Crippen molar-refractivity contribution in [1.29, 1.82) is 0 Å². The number of hydrogen-bond donors (Lipinski definition) is 8. The summed E-state index contributed by atoms with van der Waals surface area (Å²) in [5.74, 6) is 0.216. The SMILES string of the molecule is Nc1ncnc2c1ncn2[C@@H]1O[C@@H]2COP(=O)([O-])OC2[C@@H]1O.Nc1ncnc2c1ncn2[C@@H]1O[C@H](COP(=O)([O-])OP(=O)([O-])OP(=O)([O-])O)C(O)[C@@H]1O.O=P([O-])(O)OP(=O)([O-])O. The second-order valence-electron chi connectivity index (χ2n) is 11.9. The number of nitrogens with two attached hydrogens (primary N) is 2. The fraction of sp³-hybridized carbons (Fsp3) is 0.500. The van der Waals surface area contributed by atoms with Gasteiger partial charge in [-0.15, -0.1) is 0 Å². The van der Waals surface area contributed by atoms with Crippen molar-refractivity contribution in [3.63, 3.8) is 0 Å². The van der Waals surface area contributed by atoms with Crippen molar-refractivity contribution < 1.29 is 123 Å². The first-order valence-electron chi connectivity index (χ1n) is 15.7. The minimum absolute atomic E-state index is 0.0240. The summed E-state index contributed by atoms with van der Waals surface area (Å²) >= 11 is 0. The van der Waals surface area contributed by atoms with E-state index in [-0.39, 0.29) is 29.4 Å². The van der Waals surface area contributed by atoms with E-state index in [1.807, 2.05) is 0 Å². The van der Waals surface area contributed by atoms with Crippen LogP contribution in [0.3, 0.4) is 0 Å². The Bertz CT molecular complexity index is 2530. The van der Waals surface area contributed by atoms with Crippen LogP contribution in [0, 0.1) is 0 Å². The Labute approximate surface area is 341 Å². The average molecular weight is 1010 g/mol. The number of aromatic nitrogens is 8. The molecule has 0 radical (unpaired) electrons. The quantitative estimate of drug-likeness (QED) is 0.0647. The highest BCUT2D eigenvalue weighted by atomic mass is 31.3. The van der Waals surface area contributed by atoms with E-state index in [4.69, 9.17) is 40.1 Å². The summed E-state index contributed by atoms with van der Waals surface area (Å²) in [7, 11) is -32.9. The summed E-state index contributed by atoms with van der Waals surface area (Å²) in [6.45, 7) is -1.28. The molecule has 36 nitrogen and oxygen atoms in total. The Morgan fingerprint density at radius 2 is 1.19 bits per heavy atom. The Morgan fingerprint density at radius 1 is 0.710 bits per heavy atom. The molecule has 4 aromatic rings. The van der Waals surface area contributed by atoms with E-state index in [1.54, 1.807) is 0 Å². The summed E-state index contributed by atoms with van der Waals surface area (Å²) in [4.78, 5) is 111. The van der Waals surface area contributed by atoms with E-state index < -0.39 is 103 Å². The number of nitrogen functional groups attached to an aromatic ring is 2. The average Bonchev–Trinajstić information content (AvgIpc) is 3.86. The third-order valence-corrected chi connectivity index (χ3v) is 13.9. The highest BCUT2D eigenvalue weighted by molar-refractivity contribution is 7.65. The zero-order valence-corrected chi connectivity index (χ0v) is 35.0. The molecule has 348 valence electrons. The van der Waals surface area contributed by atoms with Crippen LogP contribution in [-0.4, -0.2) is 119 Å². The lowest BCUT2D eigenvalue weighted by molar-refractivity contribution is -0.251. The van der Waals surface area contributed by atoms with Crippen LogP contribution in [0.5, 0.6) is 0 Å². The molecule has 62 heavy (non-hydrogen) atoms. The Hall–Kier alpha value is -2.72. The molecule has 0 bridgehead atoms. The van der Waals surface area contributed by atoms with Crippen molar-refractivity contribution in [3.05, 3.63) is 25.3 Å². The molecule has 8 unspecified atom stereocenters. The van der Waals surface area contributed by atoms with Crippen molar-refractivity contribution in [2.75, 3.05) is 24.7 Å². The number of aliphatic hydroxyl groups excluding tert-OH is 3. The van der Waals surface area contributed by atoms with Gasteiger partial charge in [0.1, 0.15) is 60.3 Å². The highest BCUT2D eigenvalue weighted by Crippen LogP contribution is 2.61. The predicted molar refractivity (Wildman–Crippen MR) is 178 cm³/mol. The summed E-state index contributed by atoms with van der Waals surface area (Å²) in [6.07, 6.45) is -5.21. The lowest BCUT2D eigenvalue weighted by atomic mass is 10.1. The number of anilines is 2. The zero-order chi connectivity index (χ0) is 46.4. The van der Waals surface area contributed by atoms with Gasteiger partial charge in [-0.1, -0.05) is 0 Å². The number of phosphoric acid groups is 6. The third-order valence-electron chi connectivity index (χ3n) is 7.62. The Kier molecular flexibility index (Phi) is 15.1. The van der Waals surface area contributed by atoms with Crippen molar-refractivity contribution in [1.82, 2.24) is 39.0 Å². The lowest BCUT2D eigenvalue weighted by Gasteiger charge is -2.34. The van der Waals surface area contributed by atoms with Gasteiger partial charge in [0.2, 0.25) is 0 Å². The second-order valence-corrected chi connectivity index (χ2v) is 20.1. The van der Waals surface area contributed by atoms with E-state index in [2.05, 4.69) is 51.9 Å². The number of nitrogens with zero attached hydrogens (tertiary/aromatic N) is 8. The molecule has 7 heterocycles. The summed E-state index contributed by atoms with van der Waals surface area (Å²) in [5.41, 5.74) is 12.4. The Morgan fingerprint density at radius 3 is 1.66 bits per heavy atom. The summed E-state index contributed by atoms with van der Waals surface area (Å²) in [6, 6.07) is 0. The molecule has 3 aliphatic rings. The summed E-state index contributed by atoms with van der Waals surface area (Å²) in [5, 5.41) is 30.7. The van der Waals surface area contributed by atoms with Crippen molar-refractivity contribution in [2.45, 2.75) is 49.1 Å². The second kappa shape index (κ2) is 18.6. The van der Waals surface area contributed by atoms with E-state index in [0.29, 0.717) is 11.2 Å². The van der Waals surface area contributed by atoms with E-state index in [0.717, 1.165) is 6.33 Å². The van der Waals surface area contributed by atoms with Crippen LogP contribution in [0.2, 0.25) is 0 Å². The number of aliphatic hydroxyl groups is 3. The third kappa shape index (κ3) is 13.0. The molecular formula is C20H26N10O26P6-6. The van der Waals surface area contributed by atoms with E-state index in [9.17, 15) is 72.1 Å². The molecule has 42 heteroatoms. The van der Waals surface area contributed by atoms with E-state index in [1.165, 1.54) is 28.1 Å². The van der Waals surface area contributed by atoms with Crippen molar-refractivity contribution in [3.8, 4) is 0 Å². The van der Waals surface area contributed by atoms with Gasteiger partial charge >= 0.3 is 0 Å². The molecule has 0 spiro atoms. The molecule has 0 amide bonds. The van der Waals surface area contributed by atoms with Gasteiger partial charge in [0.25, 0.3) is 46.9 Å². The number of ether oxygens (including phenoxy) is 2. The van der Waals surface area contributed by atoms with E-state index >= 15 is 0 Å². The fourth-order valence-electron chi connectivity index (χ4n) is 5.35. The first kappa shape index (κ1) is 50.3. The molecule has 0 saturated carbocycles. The molecule has 3 aliphatic heterocycles. The summed E-state index contributed by atoms with van der Waals surface area (Å²) < 4.78 is 100. The lowest BCUT2D eigenvalue weighted by Crippen LogP contribution is -2.41. The predicted octanol–water partition coefficient (Wildman–Crippen LogP) is -7.05.